The van der Waals surface area contributed by atoms with Gasteiger partial charge in [0.2, 0.25) is 0 Å². The first kappa shape index (κ1) is 32.7. The second kappa shape index (κ2) is 21.7. The fourth-order valence-electron chi connectivity index (χ4n) is 4.44. The molecule has 6 atom stereocenters. The molecular formula is C27H54O8. The summed E-state index contributed by atoms with van der Waals surface area (Å²) in [5.74, 6) is 0. The van der Waals surface area contributed by atoms with E-state index in [1.165, 1.54) is 90.6 Å². The van der Waals surface area contributed by atoms with E-state index in [4.69, 9.17) is 23.7 Å². The molecule has 0 aliphatic carbocycles. The van der Waals surface area contributed by atoms with Gasteiger partial charge in [0.1, 0.15) is 30.5 Å². The van der Waals surface area contributed by atoms with Crippen LogP contribution in [0, 0.1) is 0 Å². The molecule has 1 heterocycles. The van der Waals surface area contributed by atoms with Gasteiger partial charge in [-0.2, -0.15) is 0 Å². The highest BCUT2D eigenvalue weighted by molar-refractivity contribution is 4.89. The van der Waals surface area contributed by atoms with Crippen LogP contribution in [0.3, 0.4) is 0 Å². The van der Waals surface area contributed by atoms with Crippen LogP contribution in [0.1, 0.15) is 96.8 Å². The van der Waals surface area contributed by atoms with Gasteiger partial charge in [0.15, 0.2) is 6.29 Å². The van der Waals surface area contributed by atoms with Crippen LogP contribution in [0.25, 0.3) is 0 Å². The third-order valence-electron chi connectivity index (χ3n) is 6.82. The number of hydrogen-bond acceptors (Lipinski definition) is 8. The molecule has 0 unspecified atom stereocenters. The fourth-order valence-corrected chi connectivity index (χ4v) is 4.44. The number of ether oxygens (including phenoxy) is 5. The SMILES string of the molecule is CCCCCCCCCCCCCCCCOC[C@H](CO[C@H]1O[C@@H](CO)[C@@H](O)[C@H](O)[C@H]1OC)OC. The lowest BCUT2D eigenvalue weighted by molar-refractivity contribution is -0.310. The van der Waals surface area contributed by atoms with Crippen LogP contribution < -0.4 is 0 Å². The molecule has 8 heteroatoms. The Kier molecular flexibility index (Phi) is 20.3. The van der Waals surface area contributed by atoms with Crippen molar-refractivity contribution in [2.45, 2.75) is 134 Å². The van der Waals surface area contributed by atoms with Crippen LogP contribution >= 0.6 is 0 Å². The lowest BCUT2D eigenvalue weighted by Gasteiger charge is -2.41. The van der Waals surface area contributed by atoms with Crippen molar-refractivity contribution in [1.29, 1.82) is 0 Å². The van der Waals surface area contributed by atoms with E-state index in [1.807, 2.05) is 0 Å². The van der Waals surface area contributed by atoms with Crippen molar-refractivity contribution in [3.8, 4) is 0 Å². The molecule has 1 aliphatic heterocycles. The maximum absolute atomic E-state index is 10.2. The molecule has 0 saturated carbocycles. The zero-order valence-corrected chi connectivity index (χ0v) is 22.6. The van der Waals surface area contributed by atoms with Gasteiger partial charge in [-0.15, -0.1) is 0 Å². The first-order valence-electron chi connectivity index (χ1n) is 14.0. The van der Waals surface area contributed by atoms with Crippen molar-refractivity contribution < 1.29 is 39.0 Å². The van der Waals surface area contributed by atoms with Crippen molar-refractivity contribution in [2.75, 3.05) is 40.6 Å². The van der Waals surface area contributed by atoms with Gasteiger partial charge in [-0.05, 0) is 6.42 Å². The third-order valence-corrected chi connectivity index (χ3v) is 6.82. The van der Waals surface area contributed by atoms with E-state index in [1.54, 1.807) is 7.11 Å². The van der Waals surface area contributed by atoms with Crippen LogP contribution in [0.15, 0.2) is 0 Å². The number of aliphatic hydroxyl groups excluding tert-OH is 3. The van der Waals surface area contributed by atoms with E-state index in [9.17, 15) is 15.3 Å². The van der Waals surface area contributed by atoms with Crippen LogP contribution in [0.5, 0.6) is 0 Å². The molecule has 0 aromatic carbocycles. The minimum atomic E-state index is -1.24. The van der Waals surface area contributed by atoms with Gasteiger partial charge in [0, 0.05) is 20.8 Å². The predicted molar refractivity (Wildman–Crippen MR) is 136 cm³/mol. The topological polar surface area (TPSA) is 107 Å². The van der Waals surface area contributed by atoms with Gasteiger partial charge in [0.25, 0.3) is 0 Å². The summed E-state index contributed by atoms with van der Waals surface area (Å²) >= 11 is 0. The maximum atomic E-state index is 10.2. The monoisotopic (exact) mass is 506 g/mol. The van der Waals surface area contributed by atoms with Gasteiger partial charge >= 0.3 is 0 Å². The van der Waals surface area contributed by atoms with Crippen molar-refractivity contribution >= 4 is 0 Å². The average Bonchev–Trinajstić information content (AvgIpc) is 2.87. The van der Waals surface area contributed by atoms with E-state index in [0.717, 1.165) is 6.42 Å². The fraction of sp³-hybridized carbons (Fsp3) is 1.00. The molecule has 1 fully saturated rings. The second-order valence-corrected chi connectivity index (χ2v) is 9.77. The van der Waals surface area contributed by atoms with Crippen LogP contribution in [0.4, 0.5) is 0 Å². The minimum absolute atomic E-state index is 0.181. The van der Waals surface area contributed by atoms with Crippen molar-refractivity contribution in [1.82, 2.24) is 0 Å². The minimum Gasteiger partial charge on any atom is -0.394 e. The zero-order valence-electron chi connectivity index (χ0n) is 22.6. The molecule has 1 saturated heterocycles. The summed E-state index contributed by atoms with van der Waals surface area (Å²) in [6.45, 7) is 3.11. The molecule has 0 spiro atoms. The summed E-state index contributed by atoms with van der Waals surface area (Å²) < 4.78 is 27.7. The molecule has 3 N–H and O–H groups in total. The van der Waals surface area contributed by atoms with Crippen LogP contribution in [-0.4, -0.2) is 92.8 Å². The van der Waals surface area contributed by atoms with Gasteiger partial charge in [-0.1, -0.05) is 90.4 Å². The van der Waals surface area contributed by atoms with E-state index in [0.29, 0.717) is 13.2 Å². The normalized spacial score (nSPS) is 25.7. The lowest BCUT2D eigenvalue weighted by atomic mass is 9.99. The molecule has 210 valence electrons. The third kappa shape index (κ3) is 14.3. The molecule has 0 bridgehead atoms. The average molecular weight is 507 g/mol. The Hall–Kier alpha value is -0.320. The standard InChI is InChI=1S/C27H54O8/c1-4-5-6-7-8-9-10-11-12-13-14-15-16-17-18-33-20-22(31-2)21-34-27-26(32-3)25(30)24(29)23(19-28)35-27/h22-30H,4-21H2,1-3H3/t22-,23+,24-,25+,26-,27+/m1/s1. The summed E-state index contributed by atoms with van der Waals surface area (Å²) in [5.41, 5.74) is 0. The van der Waals surface area contributed by atoms with Gasteiger partial charge < -0.3 is 39.0 Å². The van der Waals surface area contributed by atoms with Gasteiger partial charge in [0.05, 0.1) is 19.8 Å². The number of aliphatic hydroxyl groups is 3. The molecule has 8 nitrogen and oxygen atoms in total. The highest BCUT2D eigenvalue weighted by atomic mass is 16.7. The Labute approximate surface area is 213 Å². The highest BCUT2D eigenvalue weighted by Gasteiger charge is 2.45. The highest BCUT2D eigenvalue weighted by Crippen LogP contribution is 2.24. The Morgan fingerprint density at radius 2 is 1.29 bits per heavy atom. The predicted octanol–water partition coefficient (Wildman–Crippen LogP) is 3.97. The van der Waals surface area contributed by atoms with E-state index in [-0.39, 0.29) is 12.7 Å². The summed E-state index contributed by atoms with van der Waals surface area (Å²) in [6, 6.07) is 0. The number of methoxy groups -OCH3 is 2. The number of rotatable bonds is 23. The molecule has 1 rings (SSSR count). The van der Waals surface area contributed by atoms with E-state index >= 15 is 0 Å². The quantitative estimate of drug-likeness (QED) is 0.179. The largest absolute Gasteiger partial charge is 0.394 e. The van der Waals surface area contributed by atoms with E-state index < -0.39 is 37.3 Å². The van der Waals surface area contributed by atoms with Crippen LogP contribution in [0.2, 0.25) is 0 Å². The summed E-state index contributed by atoms with van der Waals surface area (Å²) in [4.78, 5) is 0. The van der Waals surface area contributed by atoms with E-state index in [2.05, 4.69) is 6.92 Å². The van der Waals surface area contributed by atoms with Crippen molar-refractivity contribution in [3.05, 3.63) is 0 Å². The van der Waals surface area contributed by atoms with Gasteiger partial charge in [-0.25, -0.2) is 0 Å². The zero-order chi connectivity index (χ0) is 25.7. The van der Waals surface area contributed by atoms with Gasteiger partial charge in [-0.3, -0.25) is 0 Å². The summed E-state index contributed by atoms with van der Waals surface area (Å²) in [5, 5.41) is 29.5. The molecule has 0 radical (unpaired) electrons. The smallest absolute Gasteiger partial charge is 0.187 e. The Balaban J connectivity index is 2.02. The first-order chi connectivity index (χ1) is 17.1. The maximum Gasteiger partial charge on any atom is 0.187 e. The van der Waals surface area contributed by atoms with Crippen molar-refractivity contribution in [3.63, 3.8) is 0 Å². The summed E-state index contributed by atoms with van der Waals surface area (Å²) in [7, 11) is 3.00. The Morgan fingerprint density at radius 1 is 0.743 bits per heavy atom. The number of unbranched alkanes of at least 4 members (excludes halogenated alkanes) is 13. The first-order valence-corrected chi connectivity index (χ1v) is 14.0. The molecule has 35 heavy (non-hydrogen) atoms. The Bertz CT molecular complexity index is 466. The molecule has 0 aromatic heterocycles. The molecule has 0 aromatic rings. The van der Waals surface area contributed by atoms with Crippen molar-refractivity contribution in [2.24, 2.45) is 0 Å². The lowest BCUT2D eigenvalue weighted by Crippen LogP contribution is -2.60. The molecule has 1 aliphatic rings. The number of hydrogen-bond donors (Lipinski definition) is 3. The van der Waals surface area contributed by atoms with Crippen LogP contribution in [-0.2, 0) is 23.7 Å². The Morgan fingerprint density at radius 3 is 1.77 bits per heavy atom. The molecular weight excluding hydrogens is 452 g/mol. The summed E-state index contributed by atoms with van der Waals surface area (Å²) in [6.07, 6.45) is 13.2. The second-order valence-electron chi connectivity index (χ2n) is 9.77. The molecule has 0 amide bonds.